The van der Waals surface area contributed by atoms with E-state index < -0.39 is 0 Å². The van der Waals surface area contributed by atoms with Gasteiger partial charge in [-0.05, 0) is 45.8 Å². The Morgan fingerprint density at radius 3 is 2.85 bits per heavy atom. The first kappa shape index (κ1) is 18.3. The Labute approximate surface area is 161 Å². The summed E-state index contributed by atoms with van der Waals surface area (Å²) in [4.78, 5) is 12.4. The van der Waals surface area contributed by atoms with Crippen LogP contribution in [0.4, 0.5) is 0 Å². The van der Waals surface area contributed by atoms with Crippen molar-refractivity contribution >= 4 is 27.9 Å². The third-order valence-corrected chi connectivity index (χ3v) is 4.75. The van der Waals surface area contributed by atoms with Gasteiger partial charge in [0, 0.05) is 18.1 Å². The van der Waals surface area contributed by atoms with Gasteiger partial charge in [0.1, 0.15) is 5.75 Å². The van der Waals surface area contributed by atoms with E-state index in [2.05, 4.69) is 21.2 Å². The van der Waals surface area contributed by atoms with E-state index in [1.165, 1.54) is 6.08 Å². The lowest BCUT2D eigenvalue weighted by atomic mass is 10.0. The minimum Gasteiger partial charge on any atom is -0.493 e. The van der Waals surface area contributed by atoms with Crippen LogP contribution in [0.25, 0.3) is 6.08 Å². The van der Waals surface area contributed by atoms with Crippen molar-refractivity contribution in [2.75, 3.05) is 20.8 Å². The molecule has 0 saturated heterocycles. The van der Waals surface area contributed by atoms with Crippen molar-refractivity contribution in [3.63, 3.8) is 0 Å². The standard InChI is InChI=1S/C20H20BrNO4/c1-24-18-12-13(11-15(21)20(18)25-2)7-8-19(23)22-16-9-10-26-17-6-4-3-5-14(16)17/h3-8,11-12,16H,9-10H2,1-2H3,(H,22,23)/b8-7+. The number of methoxy groups -OCH3 is 2. The topological polar surface area (TPSA) is 56.8 Å². The predicted octanol–water partition coefficient (Wildman–Crippen LogP) is 4.12. The van der Waals surface area contributed by atoms with Gasteiger partial charge in [-0.15, -0.1) is 0 Å². The number of carbonyl (C=O) groups excluding carboxylic acids is 1. The maximum absolute atomic E-state index is 12.4. The van der Waals surface area contributed by atoms with Crippen LogP contribution < -0.4 is 19.5 Å². The molecule has 0 saturated carbocycles. The van der Waals surface area contributed by atoms with Crippen LogP contribution in [0.3, 0.4) is 0 Å². The molecule has 0 aromatic heterocycles. The van der Waals surface area contributed by atoms with Gasteiger partial charge in [-0.1, -0.05) is 18.2 Å². The van der Waals surface area contributed by atoms with Gasteiger partial charge >= 0.3 is 0 Å². The van der Waals surface area contributed by atoms with Crippen LogP contribution in [0.1, 0.15) is 23.6 Å². The Morgan fingerprint density at radius 1 is 1.27 bits per heavy atom. The summed E-state index contributed by atoms with van der Waals surface area (Å²) in [6.07, 6.45) is 4.01. The van der Waals surface area contributed by atoms with Crippen molar-refractivity contribution in [3.05, 3.63) is 58.1 Å². The molecule has 2 aromatic rings. The SMILES string of the molecule is COc1cc(/C=C/C(=O)NC2CCOc3ccccc32)cc(Br)c1OC. The van der Waals surface area contributed by atoms with Crippen LogP contribution in [0.5, 0.6) is 17.2 Å². The second-order valence-corrected chi connectivity index (χ2v) is 6.66. The van der Waals surface area contributed by atoms with E-state index in [1.54, 1.807) is 20.3 Å². The molecule has 0 aliphatic carbocycles. The smallest absolute Gasteiger partial charge is 0.244 e. The zero-order valence-corrected chi connectivity index (χ0v) is 16.2. The Hall–Kier alpha value is -2.47. The van der Waals surface area contributed by atoms with E-state index in [4.69, 9.17) is 14.2 Å². The number of amides is 1. The zero-order chi connectivity index (χ0) is 18.5. The fraction of sp³-hybridized carbons (Fsp3) is 0.250. The van der Waals surface area contributed by atoms with Crippen LogP contribution in [0, 0.1) is 0 Å². The fourth-order valence-electron chi connectivity index (χ4n) is 2.92. The summed E-state index contributed by atoms with van der Waals surface area (Å²) in [6, 6.07) is 11.4. The monoisotopic (exact) mass is 417 g/mol. The average Bonchev–Trinajstić information content (AvgIpc) is 2.66. The minimum atomic E-state index is -0.155. The van der Waals surface area contributed by atoms with Crippen LogP contribution in [0.2, 0.25) is 0 Å². The van der Waals surface area contributed by atoms with E-state index in [9.17, 15) is 4.79 Å². The molecule has 1 heterocycles. The predicted molar refractivity (Wildman–Crippen MR) is 104 cm³/mol. The molecule has 136 valence electrons. The first-order valence-corrected chi connectivity index (χ1v) is 9.03. The van der Waals surface area contributed by atoms with Gasteiger partial charge in [0.2, 0.25) is 5.91 Å². The molecule has 0 spiro atoms. The van der Waals surface area contributed by atoms with Crippen LogP contribution >= 0.6 is 15.9 Å². The van der Waals surface area contributed by atoms with Crippen LogP contribution in [-0.2, 0) is 4.79 Å². The Balaban J connectivity index is 1.72. The average molecular weight is 418 g/mol. The number of carbonyl (C=O) groups is 1. The van der Waals surface area contributed by atoms with E-state index >= 15 is 0 Å². The molecule has 0 fully saturated rings. The molecule has 0 radical (unpaired) electrons. The van der Waals surface area contributed by atoms with Gasteiger partial charge in [-0.3, -0.25) is 4.79 Å². The van der Waals surface area contributed by atoms with Crippen molar-refractivity contribution in [3.8, 4) is 17.2 Å². The summed E-state index contributed by atoms with van der Waals surface area (Å²) in [5.41, 5.74) is 1.84. The highest BCUT2D eigenvalue weighted by Gasteiger charge is 2.21. The van der Waals surface area contributed by atoms with Crippen molar-refractivity contribution in [2.24, 2.45) is 0 Å². The molecule has 26 heavy (non-hydrogen) atoms. The van der Waals surface area contributed by atoms with Gasteiger partial charge in [-0.25, -0.2) is 0 Å². The summed E-state index contributed by atoms with van der Waals surface area (Å²) < 4.78 is 17.0. The molecule has 6 heteroatoms. The highest BCUT2D eigenvalue weighted by atomic mass is 79.9. The van der Waals surface area contributed by atoms with Gasteiger partial charge in [0.25, 0.3) is 0 Å². The lowest BCUT2D eigenvalue weighted by Crippen LogP contribution is -2.30. The molecule has 1 amide bonds. The lowest BCUT2D eigenvalue weighted by Gasteiger charge is -2.26. The highest BCUT2D eigenvalue weighted by Crippen LogP contribution is 2.36. The lowest BCUT2D eigenvalue weighted by molar-refractivity contribution is -0.117. The normalized spacial score (nSPS) is 15.9. The van der Waals surface area contributed by atoms with E-state index in [1.807, 2.05) is 36.4 Å². The van der Waals surface area contributed by atoms with Gasteiger partial charge in [0.05, 0.1) is 31.3 Å². The molecule has 5 nitrogen and oxygen atoms in total. The molecule has 1 unspecified atom stereocenters. The largest absolute Gasteiger partial charge is 0.493 e. The molecule has 3 rings (SSSR count). The molecule has 1 aliphatic heterocycles. The molecule has 2 aromatic carbocycles. The number of hydrogen-bond acceptors (Lipinski definition) is 4. The van der Waals surface area contributed by atoms with Gasteiger partial charge in [-0.2, -0.15) is 0 Å². The first-order chi connectivity index (χ1) is 12.6. The van der Waals surface area contributed by atoms with Crippen molar-refractivity contribution in [1.29, 1.82) is 0 Å². The summed E-state index contributed by atoms with van der Waals surface area (Å²) in [5, 5.41) is 3.04. The maximum Gasteiger partial charge on any atom is 0.244 e. The Bertz CT molecular complexity index is 835. The number of halogens is 1. The first-order valence-electron chi connectivity index (χ1n) is 8.24. The second-order valence-electron chi connectivity index (χ2n) is 5.81. The Kier molecular flexibility index (Phi) is 5.83. The fourth-order valence-corrected chi connectivity index (χ4v) is 3.54. The summed E-state index contributed by atoms with van der Waals surface area (Å²) >= 11 is 3.45. The van der Waals surface area contributed by atoms with E-state index in [0.29, 0.717) is 18.1 Å². The third-order valence-electron chi connectivity index (χ3n) is 4.16. The number of para-hydroxylation sites is 1. The number of hydrogen-bond donors (Lipinski definition) is 1. The highest BCUT2D eigenvalue weighted by molar-refractivity contribution is 9.10. The number of fused-ring (bicyclic) bond motifs is 1. The molecule has 0 bridgehead atoms. The summed E-state index contributed by atoms with van der Waals surface area (Å²) in [6.45, 7) is 0.592. The zero-order valence-electron chi connectivity index (χ0n) is 14.6. The van der Waals surface area contributed by atoms with Crippen molar-refractivity contribution in [1.82, 2.24) is 5.32 Å². The molecule has 1 aliphatic rings. The minimum absolute atomic E-state index is 0.0470. The Morgan fingerprint density at radius 2 is 2.08 bits per heavy atom. The van der Waals surface area contributed by atoms with Crippen LogP contribution in [0.15, 0.2) is 46.9 Å². The van der Waals surface area contributed by atoms with Gasteiger partial charge < -0.3 is 19.5 Å². The number of nitrogens with one attached hydrogen (secondary N) is 1. The maximum atomic E-state index is 12.4. The molecule has 1 N–H and O–H groups in total. The van der Waals surface area contributed by atoms with Crippen molar-refractivity contribution in [2.45, 2.75) is 12.5 Å². The summed E-state index contributed by atoms with van der Waals surface area (Å²) in [7, 11) is 3.16. The molecular formula is C20H20BrNO4. The van der Waals surface area contributed by atoms with Crippen molar-refractivity contribution < 1.29 is 19.0 Å². The van der Waals surface area contributed by atoms with Gasteiger partial charge in [0.15, 0.2) is 11.5 Å². The molecular weight excluding hydrogens is 398 g/mol. The number of benzene rings is 2. The number of ether oxygens (including phenoxy) is 3. The second kappa shape index (κ2) is 8.27. The summed E-state index contributed by atoms with van der Waals surface area (Å²) in [5.74, 6) is 1.89. The van der Waals surface area contributed by atoms with Crippen LogP contribution in [-0.4, -0.2) is 26.7 Å². The third kappa shape index (κ3) is 4.02. The quantitative estimate of drug-likeness (QED) is 0.743. The molecule has 1 atom stereocenters. The number of rotatable bonds is 5. The van der Waals surface area contributed by atoms with E-state index in [0.717, 1.165) is 27.8 Å². The van der Waals surface area contributed by atoms with E-state index in [-0.39, 0.29) is 11.9 Å².